The van der Waals surface area contributed by atoms with Gasteiger partial charge in [0.2, 0.25) is 5.96 Å². The second-order valence-corrected chi connectivity index (χ2v) is 4.71. The molecule has 1 aliphatic heterocycles. The molecule has 0 bridgehead atoms. The van der Waals surface area contributed by atoms with Gasteiger partial charge in [0.05, 0.1) is 5.60 Å². The highest BCUT2D eigenvalue weighted by molar-refractivity contribution is 5.95. The van der Waals surface area contributed by atoms with Crippen molar-refractivity contribution in [1.82, 2.24) is 4.90 Å². The normalized spacial score (nSPS) is 22.4. The summed E-state index contributed by atoms with van der Waals surface area (Å²) in [7, 11) is 1.77. The number of rotatable bonds is 1. The molecule has 1 fully saturated rings. The van der Waals surface area contributed by atoms with Crippen molar-refractivity contribution in [1.29, 1.82) is 0 Å². The minimum atomic E-state index is -0.515. The molecule has 1 N–H and O–H groups in total. The molecule has 0 unspecified atom stereocenters. The van der Waals surface area contributed by atoms with Crippen molar-refractivity contribution in [2.45, 2.75) is 45.6 Å². The van der Waals surface area contributed by atoms with E-state index in [1.54, 1.807) is 7.05 Å². The van der Waals surface area contributed by atoms with Gasteiger partial charge in [0.25, 0.3) is 0 Å². The molecule has 0 aromatic rings. The molecule has 0 aromatic carbocycles. The molecule has 16 heavy (non-hydrogen) atoms. The Morgan fingerprint density at radius 2 is 1.94 bits per heavy atom. The SMILES string of the molecule is CC/C(C)=N\C(=NC)N1CCC(C)(O)CC1. The lowest BCUT2D eigenvalue weighted by Gasteiger charge is -2.36. The number of aliphatic hydroxyl groups is 1. The Balaban J connectivity index is 2.64. The van der Waals surface area contributed by atoms with Gasteiger partial charge in [-0.1, -0.05) is 6.92 Å². The van der Waals surface area contributed by atoms with Gasteiger partial charge in [-0.3, -0.25) is 4.99 Å². The van der Waals surface area contributed by atoms with Gasteiger partial charge < -0.3 is 10.0 Å². The molecular formula is C12H23N3O. The summed E-state index contributed by atoms with van der Waals surface area (Å²) in [5, 5.41) is 9.87. The topological polar surface area (TPSA) is 48.2 Å². The molecule has 1 saturated heterocycles. The van der Waals surface area contributed by atoms with E-state index < -0.39 is 5.60 Å². The van der Waals surface area contributed by atoms with Crippen molar-refractivity contribution in [3.8, 4) is 0 Å². The lowest BCUT2D eigenvalue weighted by molar-refractivity contribution is 0.00969. The molecule has 0 saturated carbocycles. The van der Waals surface area contributed by atoms with E-state index in [4.69, 9.17) is 0 Å². The van der Waals surface area contributed by atoms with Gasteiger partial charge in [-0.15, -0.1) is 0 Å². The van der Waals surface area contributed by atoms with Crippen LogP contribution in [-0.4, -0.2) is 47.4 Å². The number of piperidine rings is 1. The van der Waals surface area contributed by atoms with Crippen LogP contribution in [0.2, 0.25) is 0 Å². The summed E-state index contributed by atoms with van der Waals surface area (Å²) in [6.45, 7) is 7.67. The summed E-state index contributed by atoms with van der Waals surface area (Å²) in [6.07, 6.45) is 2.52. The molecule has 0 aromatic heterocycles. The van der Waals surface area contributed by atoms with E-state index in [2.05, 4.69) is 21.8 Å². The van der Waals surface area contributed by atoms with Crippen molar-refractivity contribution in [3.63, 3.8) is 0 Å². The van der Waals surface area contributed by atoms with Crippen LogP contribution >= 0.6 is 0 Å². The largest absolute Gasteiger partial charge is 0.390 e. The summed E-state index contributed by atoms with van der Waals surface area (Å²) in [5.74, 6) is 0.801. The molecule has 0 atom stereocenters. The van der Waals surface area contributed by atoms with Crippen LogP contribution in [0.1, 0.15) is 40.0 Å². The average molecular weight is 225 g/mol. The smallest absolute Gasteiger partial charge is 0.220 e. The fourth-order valence-electron chi connectivity index (χ4n) is 1.70. The van der Waals surface area contributed by atoms with Crippen molar-refractivity contribution < 1.29 is 5.11 Å². The van der Waals surface area contributed by atoms with Crippen LogP contribution in [0.3, 0.4) is 0 Å². The van der Waals surface area contributed by atoms with E-state index in [-0.39, 0.29) is 0 Å². The molecule has 4 heteroatoms. The second-order valence-electron chi connectivity index (χ2n) is 4.71. The maximum atomic E-state index is 9.87. The Labute approximate surface area is 98.1 Å². The highest BCUT2D eigenvalue weighted by atomic mass is 16.3. The van der Waals surface area contributed by atoms with Gasteiger partial charge in [0.1, 0.15) is 0 Å². The number of hydrogen-bond donors (Lipinski definition) is 1. The van der Waals surface area contributed by atoms with Crippen molar-refractivity contribution in [2.75, 3.05) is 20.1 Å². The van der Waals surface area contributed by atoms with Crippen LogP contribution in [0.15, 0.2) is 9.98 Å². The van der Waals surface area contributed by atoms with Crippen LogP contribution in [0, 0.1) is 0 Å². The van der Waals surface area contributed by atoms with Crippen molar-refractivity contribution in [3.05, 3.63) is 0 Å². The fraction of sp³-hybridized carbons (Fsp3) is 0.833. The summed E-state index contributed by atoms with van der Waals surface area (Å²) in [6, 6.07) is 0. The Hall–Kier alpha value is -0.900. The first-order chi connectivity index (χ1) is 7.48. The van der Waals surface area contributed by atoms with Crippen LogP contribution < -0.4 is 0 Å². The maximum Gasteiger partial charge on any atom is 0.220 e. The number of aliphatic imine (C=N–C) groups is 2. The summed E-state index contributed by atoms with van der Waals surface area (Å²) in [5.41, 5.74) is 0.580. The zero-order chi connectivity index (χ0) is 12.2. The quantitative estimate of drug-likeness (QED) is 0.545. The van der Waals surface area contributed by atoms with Crippen molar-refractivity contribution in [2.24, 2.45) is 9.98 Å². The van der Waals surface area contributed by atoms with E-state index in [9.17, 15) is 5.11 Å². The minimum Gasteiger partial charge on any atom is -0.390 e. The third-order valence-electron chi connectivity index (χ3n) is 3.13. The molecule has 0 spiro atoms. The van der Waals surface area contributed by atoms with E-state index in [1.165, 1.54) is 0 Å². The van der Waals surface area contributed by atoms with E-state index in [1.807, 2.05) is 13.8 Å². The average Bonchev–Trinajstić information content (AvgIpc) is 2.26. The lowest BCUT2D eigenvalue weighted by atomic mass is 9.94. The first-order valence-electron chi connectivity index (χ1n) is 5.97. The third kappa shape index (κ3) is 3.59. The van der Waals surface area contributed by atoms with Crippen LogP contribution in [0.5, 0.6) is 0 Å². The van der Waals surface area contributed by atoms with Crippen LogP contribution in [-0.2, 0) is 0 Å². The van der Waals surface area contributed by atoms with Gasteiger partial charge in [-0.25, -0.2) is 4.99 Å². The molecule has 92 valence electrons. The lowest BCUT2D eigenvalue weighted by Crippen LogP contribution is -2.44. The number of nitrogens with zero attached hydrogens (tertiary/aromatic N) is 3. The first-order valence-corrected chi connectivity index (χ1v) is 5.97. The predicted molar refractivity (Wildman–Crippen MR) is 68.2 cm³/mol. The molecule has 0 aliphatic carbocycles. The Kier molecular flexibility index (Phi) is 4.47. The molecular weight excluding hydrogens is 202 g/mol. The van der Waals surface area contributed by atoms with Crippen LogP contribution in [0.4, 0.5) is 0 Å². The molecule has 1 heterocycles. The summed E-state index contributed by atoms with van der Waals surface area (Å²) in [4.78, 5) is 10.9. The Bertz CT molecular complexity index is 285. The Morgan fingerprint density at radius 1 is 1.38 bits per heavy atom. The fourth-order valence-corrected chi connectivity index (χ4v) is 1.70. The van der Waals surface area contributed by atoms with Crippen molar-refractivity contribution >= 4 is 11.7 Å². The van der Waals surface area contributed by atoms with Gasteiger partial charge in [-0.2, -0.15) is 0 Å². The minimum absolute atomic E-state index is 0.515. The van der Waals surface area contributed by atoms with Gasteiger partial charge in [-0.05, 0) is 33.1 Å². The molecule has 1 aliphatic rings. The highest BCUT2D eigenvalue weighted by Crippen LogP contribution is 2.21. The number of hydrogen-bond acceptors (Lipinski definition) is 2. The van der Waals surface area contributed by atoms with E-state index in [0.29, 0.717) is 0 Å². The molecule has 4 nitrogen and oxygen atoms in total. The van der Waals surface area contributed by atoms with Crippen LogP contribution in [0.25, 0.3) is 0 Å². The van der Waals surface area contributed by atoms with Gasteiger partial charge in [0, 0.05) is 25.8 Å². The van der Waals surface area contributed by atoms with E-state index in [0.717, 1.165) is 44.0 Å². The summed E-state index contributed by atoms with van der Waals surface area (Å²) < 4.78 is 0. The maximum absolute atomic E-state index is 9.87. The predicted octanol–water partition coefficient (Wildman–Crippen LogP) is 1.69. The van der Waals surface area contributed by atoms with Gasteiger partial charge >= 0.3 is 0 Å². The molecule has 1 rings (SSSR count). The number of guanidine groups is 1. The highest BCUT2D eigenvalue weighted by Gasteiger charge is 2.28. The zero-order valence-electron chi connectivity index (χ0n) is 10.8. The molecule has 0 radical (unpaired) electrons. The number of likely N-dealkylation sites (tertiary alicyclic amines) is 1. The summed E-state index contributed by atoms with van der Waals surface area (Å²) >= 11 is 0. The second kappa shape index (κ2) is 5.43. The third-order valence-corrected chi connectivity index (χ3v) is 3.13. The first kappa shape index (κ1) is 13.2. The van der Waals surface area contributed by atoms with E-state index >= 15 is 0 Å². The Morgan fingerprint density at radius 3 is 2.38 bits per heavy atom. The monoisotopic (exact) mass is 225 g/mol. The molecule has 0 amide bonds. The standard InChI is InChI=1S/C12H23N3O/c1-5-10(2)14-11(13-4)15-8-6-12(3,16)7-9-15/h16H,5-9H2,1-4H3/b13-11?,14-10-. The zero-order valence-corrected chi connectivity index (χ0v) is 10.8. The van der Waals surface area contributed by atoms with Gasteiger partial charge in [0.15, 0.2) is 0 Å².